The molecule has 0 radical (unpaired) electrons. The summed E-state index contributed by atoms with van der Waals surface area (Å²) in [7, 11) is 1.68. The maximum Gasteiger partial charge on any atom is 0.270 e. The molecule has 2 N–H and O–H groups in total. The normalized spacial score (nSPS) is 15.9. The predicted octanol–water partition coefficient (Wildman–Crippen LogP) is 3.87. The Hall–Kier alpha value is -3.80. The number of para-hydroxylation sites is 1. The minimum absolute atomic E-state index is 0.214. The van der Waals surface area contributed by atoms with E-state index in [-0.39, 0.29) is 5.91 Å². The van der Waals surface area contributed by atoms with Crippen molar-refractivity contribution in [1.82, 2.24) is 9.88 Å². The Labute approximate surface area is 168 Å². The van der Waals surface area contributed by atoms with Gasteiger partial charge in [-0.25, -0.2) is 0 Å². The molecule has 0 saturated heterocycles. The van der Waals surface area contributed by atoms with E-state index in [1.165, 1.54) is 4.90 Å². The maximum absolute atomic E-state index is 12.6. The molecule has 0 spiro atoms. The molecule has 6 nitrogen and oxygen atoms in total. The lowest BCUT2D eigenvalue weighted by Gasteiger charge is -2.28. The van der Waals surface area contributed by atoms with Gasteiger partial charge >= 0.3 is 0 Å². The second kappa shape index (κ2) is 7.67. The molecule has 2 aromatic carbocycles. The first-order valence-electron chi connectivity index (χ1n) is 9.27. The van der Waals surface area contributed by atoms with Crippen LogP contribution in [0.5, 0.6) is 5.75 Å². The van der Waals surface area contributed by atoms with Crippen LogP contribution in [-0.4, -0.2) is 29.2 Å². The average molecular weight is 387 g/mol. The number of benzene rings is 2. The zero-order valence-electron chi connectivity index (χ0n) is 16.2. The summed E-state index contributed by atoms with van der Waals surface area (Å²) in [5.41, 5.74) is 4.90. The molecule has 29 heavy (non-hydrogen) atoms. The van der Waals surface area contributed by atoms with Crippen molar-refractivity contribution in [3.05, 3.63) is 89.4 Å². The second-order valence-corrected chi connectivity index (χ2v) is 6.91. The van der Waals surface area contributed by atoms with Crippen molar-refractivity contribution in [2.24, 2.45) is 0 Å². The molecule has 1 aromatic heterocycles. The quantitative estimate of drug-likeness (QED) is 0.653. The van der Waals surface area contributed by atoms with Gasteiger partial charge in [-0.2, -0.15) is 0 Å². The number of fused-ring (bicyclic) bond motifs is 1. The third-order valence-electron chi connectivity index (χ3n) is 4.88. The lowest BCUT2D eigenvalue weighted by molar-refractivity contribution is -0.123. The van der Waals surface area contributed by atoms with E-state index in [1.807, 2.05) is 67.7 Å². The van der Waals surface area contributed by atoms with Crippen LogP contribution in [0.2, 0.25) is 0 Å². The van der Waals surface area contributed by atoms with Crippen molar-refractivity contribution in [2.75, 3.05) is 12.4 Å². The summed E-state index contributed by atoms with van der Waals surface area (Å²) < 4.78 is 6.23. The number of aromatic nitrogens is 1. The van der Waals surface area contributed by atoms with Crippen LogP contribution in [0.3, 0.4) is 0 Å². The Morgan fingerprint density at radius 1 is 1.07 bits per heavy atom. The van der Waals surface area contributed by atoms with Gasteiger partial charge in [-0.05, 0) is 19.1 Å². The van der Waals surface area contributed by atoms with Crippen LogP contribution in [0.15, 0.2) is 67.0 Å². The Morgan fingerprint density at radius 3 is 2.55 bits per heavy atom. The highest BCUT2D eigenvalue weighted by Crippen LogP contribution is 2.42. The molecule has 4 rings (SSSR count). The van der Waals surface area contributed by atoms with E-state index < -0.39 is 6.10 Å². The number of carbonyl (C=O) groups excluding carboxylic acids is 2. The van der Waals surface area contributed by atoms with Crippen molar-refractivity contribution < 1.29 is 14.3 Å². The maximum atomic E-state index is 12.6. The molecule has 3 aromatic rings. The number of aromatic amines is 1. The topological polar surface area (TPSA) is 74.4 Å². The zero-order chi connectivity index (χ0) is 20.4. The standard InChI is InChI=1S/C23H21N3O3/c1-15-17(11-12-24-15)19(13-26(2)14-27)18-9-6-10-20-22(18)29-21(23(28)25-20)16-7-4-3-5-8-16/h3-14,21,24H,1-2H3,(H,25,28)/b19-13+. The van der Waals surface area contributed by atoms with Gasteiger partial charge in [0.25, 0.3) is 5.91 Å². The molecule has 0 fully saturated rings. The Morgan fingerprint density at radius 2 is 1.86 bits per heavy atom. The van der Waals surface area contributed by atoms with Crippen LogP contribution >= 0.6 is 0 Å². The predicted molar refractivity (Wildman–Crippen MR) is 111 cm³/mol. The first-order valence-corrected chi connectivity index (χ1v) is 9.27. The summed E-state index contributed by atoms with van der Waals surface area (Å²) in [6.07, 6.45) is 3.61. The number of anilines is 1. The number of aryl methyl sites for hydroxylation is 1. The number of amides is 2. The molecule has 6 heteroatoms. The van der Waals surface area contributed by atoms with Gasteiger partial charge < -0.3 is 19.9 Å². The Kier molecular flexibility index (Phi) is 4.91. The van der Waals surface area contributed by atoms with Crippen LogP contribution in [0.1, 0.15) is 28.5 Å². The molecular formula is C23H21N3O3. The van der Waals surface area contributed by atoms with Crippen LogP contribution in [0.4, 0.5) is 5.69 Å². The van der Waals surface area contributed by atoms with Crippen LogP contribution in [0, 0.1) is 6.92 Å². The van der Waals surface area contributed by atoms with Gasteiger partial charge in [0.05, 0.1) is 5.69 Å². The fourth-order valence-electron chi connectivity index (χ4n) is 3.45. The van der Waals surface area contributed by atoms with Gasteiger partial charge in [0, 0.05) is 47.4 Å². The molecule has 2 heterocycles. The fraction of sp³-hybridized carbons (Fsp3) is 0.130. The minimum Gasteiger partial charge on any atom is -0.473 e. The highest BCUT2D eigenvalue weighted by atomic mass is 16.5. The summed E-state index contributed by atoms with van der Waals surface area (Å²) >= 11 is 0. The molecule has 0 aliphatic carbocycles. The van der Waals surface area contributed by atoms with Crippen LogP contribution in [0.25, 0.3) is 5.57 Å². The molecule has 1 aliphatic rings. The number of carbonyl (C=O) groups is 2. The average Bonchev–Trinajstić information content (AvgIpc) is 3.17. The highest BCUT2D eigenvalue weighted by molar-refractivity contribution is 6.00. The van der Waals surface area contributed by atoms with Gasteiger partial charge in [0.2, 0.25) is 12.5 Å². The van der Waals surface area contributed by atoms with Crippen LogP contribution < -0.4 is 10.1 Å². The van der Waals surface area contributed by atoms with E-state index >= 15 is 0 Å². The summed E-state index contributed by atoms with van der Waals surface area (Å²) in [6, 6.07) is 16.9. The van der Waals surface area contributed by atoms with E-state index in [2.05, 4.69) is 10.3 Å². The first-order chi connectivity index (χ1) is 14.1. The lowest BCUT2D eigenvalue weighted by atomic mass is 9.96. The van der Waals surface area contributed by atoms with Crippen molar-refractivity contribution in [1.29, 1.82) is 0 Å². The van der Waals surface area contributed by atoms with E-state index in [0.29, 0.717) is 11.4 Å². The summed E-state index contributed by atoms with van der Waals surface area (Å²) in [4.78, 5) is 28.5. The van der Waals surface area contributed by atoms with E-state index in [0.717, 1.165) is 34.4 Å². The zero-order valence-corrected chi connectivity index (χ0v) is 16.2. The molecule has 1 aliphatic heterocycles. The number of nitrogens with one attached hydrogen (secondary N) is 2. The van der Waals surface area contributed by atoms with Crippen molar-refractivity contribution in [3.63, 3.8) is 0 Å². The SMILES string of the molecule is Cc1[nH]ccc1/C(=C\N(C)C=O)c1cccc2c1OC(c1ccccc1)C(=O)N2. The highest BCUT2D eigenvalue weighted by Gasteiger charge is 2.31. The monoisotopic (exact) mass is 387 g/mol. The van der Waals surface area contributed by atoms with Crippen LogP contribution in [-0.2, 0) is 9.59 Å². The number of ether oxygens (including phenoxy) is 1. The number of rotatable bonds is 5. The van der Waals surface area contributed by atoms with Gasteiger partial charge in [0.1, 0.15) is 0 Å². The number of H-pyrrole nitrogens is 1. The smallest absolute Gasteiger partial charge is 0.270 e. The molecule has 0 saturated carbocycles. The largest absolute Gasteiger partial charge is 0.473 e. The summed E-state index contributed by atoms with van der Waals surface area (Å²) in [5.74, 6) is 0.362. The second-order valence-electron chi connectivity index (χ2n) is 6.91. The van der Waals surface area contributed by atoms with E-state index in [9.17, 15) is 9.59 Å². The lowest BCUT2D eigenvalue weighted by Crippen LogP contribution is -2.30. The van der Waals surface area contributed by atoms with Gasteiger partial charge in [-0.3, -0.25) is 9.59 Å². The molecule has 2 amide bonds. The van der Waals surface area contributed by atoms with Crippen molar-refractivity contribution >= 4 is 23.6 Å². The third-order valence-corrected chi connectivity index (χ3v) is 4.88. The molecule has 0 bridgehead atoms. The van der Waals surface area contributed by atoms with Gasteiger partial charge in [0.15, 0.2) is 5.75 Å². The Balaban J connectivity index is 1.85. The summed E-state index contributed by atoms with van der Waals surface area (Å²) in [5, 5.41) is 2.95. The number of nitrogens with zero attached hydrogens (tertiary/aromatic N) is 1. The fourth-order valence-corrected chi connectivity index (χ4v) is 3.45. The van der Waals surface area contributed by atoms with Gasteiger partial charge in [-0.1, -0.05) is 42.5 Å². The summed E-state index contributed by atoms with van der Waals surface area (Å²) in [6.45, 7) is 1.97. The molecule has 1 unspecified atom stereocenters. The first kappa shape index (κ1) is 18.6. The van der Waals surface area contributed by atoms with Gasteiger partial charge in [-0.15, -0.1) is 0 Å². The molecular weight excluding hydrogens is 366 g/mol. The minimum atomic E-state index is -0.748. The van der Waals surface area contributed by atoms with Crippen molar-refractivity contribution in [3.8, 4) is 5.75 Å². The number of hydrogen-bond donors (Lipinski definition) is 2. The molecule has 1 atom stereocenters. The van der Waals surface area contributed by atoms with E-state index in [1.54, 1.807) is 13.2 Å². The Bertz CT molecular complexity index is 1090. The van der Waals surface area contributed by atoms with Crippen molar-refractivity contribution in [2.45, 2.75) is 13.0 Å². The number of hydrogen-bond acceptors (Lipinski definition) is 3. The molecule has 146 valence electrons. The van der Waals surface area contributed by atoms with E-state index in [4.69, 9.17) is 4.74 Å². The third kappa shape index (κ3) is 3.52.